The highest BCUT2D eigenvalue weighted by Gasteiger charge is 2.28. The van der Waals surface area contributed by atoms with Crippen molar-refractivity contribution in [2.24, 2.45) is 0 Å². The fourth-order valence-electron chi connectivity index (χ4n) is 3.21. The van der Waals surface area contributed by atoms with E-state index in [9.17, 15) is 0 Å². The molecule has 0 N–H and O–H groups in total. The molecule has 1 aliphatic heterocycles. The van der Waals surface area contributed by atoms with Crippen LogP contribution in [0.25, 0.3) is 4.83 Å². The lowest BCUT2D eigenvalue weighted by atomic mass is 10.1. The molecule has 0 bridgehead atoms. The fourth-order valence-corrected chi connectivity index (χ4v) is 4.16. The van der Waals surface area contributed by atoms with Gasteiger partial charge < -0.3 is 0 Å². The molecule has 0 aromatic carbocycles. The average Bonchev–Trinajstić information content (AvgIpc) is 3.19. The number of imidazole rings is 1. The van der Waals surface area contributed by atoms with Crippen LogP contribution in [0.4, 0.5) is 0 Å². The summed E-state index contributed by atoms with van der Waals surface area (Å²) in [6.07, 6.45) is 7.11. The average molecular weight is 298 g/mol. The molecule has 3 aromatic heterocycles. The predicted octanol–water partition coefficient (Wildman–Crippen LogP) is 3.09. The molecule has 1 atom stereocenters. The van der Waals surface area contributed by atoms with Gasteiger partial charge in [-0.1, -0.05) is 6.07 Å². The molecular formula is C16H18N4S. The Morgan fingerprint density at radius 2 is 2.38 bits per heavy atom. The molecule has 0 radical (unpaired) electrons. The quantitative estimate of drug-likeness (QED) is 0.745. The third-order valence-electron chi connectivity index (χ3n) is 4.25. The van der Waals surface area contributed by atoms with Crippen LogP contribution in [-0.2, 0) is 6.54 Å². The summed E-state index contributed by atoms with van der Waals surface area (Å²) in [4.78, 5) is 12.8. The maximum absolute atomic E-state index is 4.81. The number of aryl methyl sites for hydroxylation is 1. The molecule has 0 aliphatic carbocycles. The third kappa shape index (κ3) is 2.36. The number of hydrogen-bond acceptors (Lipinski definition) is 4. The summed E-state index contributed by atoms with van der Waals surface area (Å²) in [6, 6.07) is 4.16. The molecule has 4 nitrogen and oxygen atoms in total. The van der Waals surface area contributed by atoms with E-state index in [4.69, 9.17) is 4.98 Å². The van der Waals surface area contributed by atoms with Gasteiger partial charge >= 0.3 is 0 Å². The Balaban J connectivity index is 1.52. The highest BCUT2D eigenvalue weighted by molar-refractivity contribution is 7.15. The summed E-state index contributed by atoms with van der Waals surface area (Å²) in [5.41, 5.74) is 2.58. The molecule has 0 amide bonds. The molecular weight excluding hydrogens is 280 g/mol. The molecule has 1 aliphatic rings. The van der Waals surface area contributed by atoms with Gasteiger partial charge in [-0.15, -0.1) is 11.3 Å². The van der Waals surface area contributed by atoms with E-state index in [2.05, 4.69) is 38.9 Å². The van der Waals surface area contributed by atoms with E-state index in [0.29, 0.717) is 5.92 Å². The molecule has 1 fully saturated rings. The molecule has 3 aromatic rings. The molecule has 108 valence electrons. The van der Waals surface area contributed by atoms with Crippen LogP contribution in [0.15, 0.2) is 36.1 Å². The van der Waals surface area contributed by atoms with Gasteiger partial charge in [-0.3, -0.25) is 14.3 Å². The molecule has 21 heavy (non-hydrogen) atoms. The van der Waals surface area contributed by atoms with Crippen molar-refractivity contribution in [3.05, 3.63) is 53.2 Å². The minimum absolute atomic E-state index is 0.559. The minimum Gasteiger partial charge on any atom is -0.298 e. The Bertz CT molecular complexity index is 746. The first-order valence-corrected chi connectivity index (χ1v) is 8.22. The zero-order valence-corrected chi connectivity index (χ0v) is 12.9. The van der Waals surface area contributed by atoms with Gasteiger partial charge in [0, 0.05) is 43.0 Å². The lowest BCUT2D eigenvalue weighted by Gasteiger charge is -2.15. The second kappa shape index (κ2) is 5.24. The molecule has 0 unspecified atom stereocenters. The van der Waals surface area contributed by atoms with Crippen LogP contribution in [0.2, 0.25) is 0 Å². The Hall–Kier alpha value is -1.72. The molecule has 4 rings (SSSR count). The molecule has 0 spiro atoms. The van der Waals surface area contributed by atoms with Gasteiger partial charge in [0.15, 0.2) is 0 Å². The van der Waals surface area contributed by atoms with Crippen LogP contribution in [-0.4, -0.2) is 32.4 Å². The van der Waals surface area contributed by atoms with Gasteiger partial charge in [0.1, 0.15) is 10.7 Å². The van der Waals surface area contributed by atoms with Crippen molar-refractivity contribution in [1.29, 1.82) is 0 Å². The molecule has 4 heterocycles. The van der Waals surface area contributed by atoms with Crippen LogP contribution in [0, 0.1) is 6.92 Å². The standard InChI is InChI=1S/C16H18N4S/c1-12-18-15(16-20(12)7-8-21-16)14-4-6-19(11-14)10-13-3-2-5-17-9-13/h2-3,5,7-9,14H,4,6,10-11H2,1H3/t14-/m0/s1. The van der Waals surface area contributed by atoms with E-state index >= 15 is 0 Å². The van der Waals surface area contributed by atoms with Crippen LogP contribution in [0.5, 0.6) is 0 Å². The Kier molecular flexibility index (Phi) is 3.24. The predicted molar refractivity (Wildman–Crippen MR) is 84.7 cm³/mol. The summed E-state index contributed by atoms with van der Waals surface area (Å²) in [5.74, 6) is 1.66. The first-order chi connectivity index (χ1) is 10.3. The van der Waals surface area contributed by atoms with Crippen LogP contribution in [0.1, 0.15) is 29.4 Å². The van der Waals surface area contributed by atoms with E-state index in [0.717, 1.165) is 25.5 Å². The van der Waals surface area contributed by atoms with E-state index in [1.165, 1.54) is 22.5 Å². The Labute approximate surface area is 128 Å². The van der Waals surface area contributed by atoms with Gasteiger partial charge in [0.05, 0.1) is 5.69 Å². The Morgan fingerprint density at radius 3 is 3.24 bits per heavy atom. The number of fused-ring (bicyclic) bond motifs is 1. The maximum Gasteiger partial charge on any atom is 0.123 e. The number of pyridine rings is 1. The van der Waals surface area contributed by atoms with Gasteiger partial charge in [-0.25, -0.2) is 4.98 Å². The topological polar surface area (TPSA) is 33.4 Å². The Morgan fingerprint density at radius 1 is 1.43 bits per heavy atom. The van der Waals surface area contributed by atoms with Crippen molar-refractivity contribution in [2.75, 3.05) is 13.1 Å². The van der Waals surface area contributed by atoms with Crippen LogP contribution < -0.4 is 0 Å². The first kappa shape index (κ1) is 13.0. The monoisotopic (exact) mass is 298 g/mol. The number of thiazole rings is 1. The minimum atomic E-state index is 0.559. The van der Waals surface area contributed by atoms with Gasteiger partial charge in [0.25, 0.3) is 0 Å². The number of likely N-dealkylation sites (tertiary alicyclic amines) is 1. The van der Waals surface area contributed by atoms with Crippen molar-refractivity contribution in [1.82, 2.24) is 19.3 Å². The van der Waals surface area contributed by atoms with Crippen molar-refractivity contribution in [3.63, 3.8) is 0 Å². The van der Waals surface area contributed by atoms with Crippen LogP contribution >= 0.6 is 11.3 Å². The number of nitrogens with zero attached hydrogens (tertiary/aromatic N) is 4. The van der Waals surface area contributed by atoms with Crippen molar-refractivity contribution in [3.8, 4) is 0 Å². The summed E-state index contributed by atoms with van der Waals surface area (Å²) >= 11 is 1.80. The molecule has 0 saturated carbocycles. The number of aromatic nitrogens is 3. The summed E-state index contributed by atoms with van der Waals surface area (Å²) in [6.45, 7) is 5.32. The number of hydrogen-bond donors (Lipinski definition) is 0. The van der Waals surface area contributed by atoms with Crippen molar-refractivity contribution < 1.29 is 0 Å². The lowest BCUT2D eigenvalue weighted by molar-refractivity contribution is 0.326. The first-order valence-electron chi connectivity index (χ1n) is 7.34. The van der Waals surface area contributed by atoms with Crippen molar-refractivity contribution in [2.45, 2.75) is 25.8 Å². The zero-order valence-electron chi connectivity index (χ0n) is 12.1. The van der Waals surface area contributed by atoms with E-state index in [-0.39, 0.29) is 0 Å². The highest BCUT2D eigenvalue weighted by Crippen LogP contribution is 2.32. The van der Waals surface area contributed by atoms with E-state index < -0.39 is 0 Å². The largest absolute Gasteiger partial charge is 0.298 e. The van der Waals surface area contributed by atoms with Gasteiger partial charge in [0.2, 0.25) is 0 Å². The second-order valence-corrected chi connectivity index (χ2v) is 6.60. The van der Waals surface area contributed by atoms with Gasteiger partial charge in [-0.2, -0.15) is 0 Å². The number of rotatable bonds is 3. The van der Waals surface area contributed by atoms with Crippen molar-refractivity contribution >= 4 is 16.2 Å². The van der Waals surface area contributed by atoms with Crippen LogP contribution in [0.3, 0.4) is 0 Å². The van der Waals surface area contributed by atoms with Gasteiger partial charge in [-0.05, 0) is 31.5 Å². The normalized spacial score (nSPS) is 19.6. The SMILES string of the molecule is Cc1nc([C@H]2CCN(Cc3cccnc3)C2)c2sccn12. The maximum atomic E-state index is 4.81. The lowest BCUT2D eigenvalue weighted by Crippen LogP contribution is -2.19. The van der Waals surface area contributed by atoms with E-state index in [1.807, 2.05) is 18.5 Å². The zero-order chi connectivity index (χ0) is 14.2. The smallest absolute Gasteiger partial charge is 0.123 e. The summed E-state index contributed by atoms with van der Waals surface area (Å²) in [7, 11) is 0. The van der Waals surface area contributed by atoms with E-state index in [1.54, 1.807) is 11.3 Å². The summed E-state index contributed by atoms with van der Waals surface area (Å²) in [5, 5.41) is 2.15. The molecule has 5 heteroatoms. The molecule has 1 saturated heterocycles. The summed E-state index contributed by atoms with van der Waals surface area (Å²) < 4.78 is 2.21. The highest BCUT2D eigenvalue weighted by atomic mass is 32.1. The fraction of sp³-hybridized carbons (Fsp3) is 0.375. The third-order valence-corrected chi connectivity index (χ3v) is 5.13. The second-order valence-electron chi connectivity index (χ2n) is 5.70.